The Kier molecular flexibility index (Phi) is 6.68. The zero-order valence-corrected chi connectivity index (χ0v) is 20.8. The van der Waals surface area contributed by atoms with E-state index in [0.717, 1.165) is 76.3 Å². The standard InChI is InChI=1S/C28H30FNO3S/c1-17-13-20(31-10-4-12-34-3)14-18(2)27(17)28-22-6-8-24(21(22)5-7-23(28)29)33-26-15-25-19(16-30-26)9-11-32-25/h5,7,13-16,24H,4,6,8-12H2,1-3H3. The van der Waals surface area contributed by atoms with E-state index >= 15 is 4.39 Å². The van der Waals surface area contributed by atoms with Crippen molar-refractivity contribution < 1.29 is 18.6 Å². The fraction of sp³-hybridized carbons (Fsp3) is 0.393. The highest BCUT2D eigenvalue weighted by atomic mass is 32.2. The molecule has 0 fully saturated rings. The molecule has 0 N–H and O–H groups in total. The number of ether oxygens (including phenoxy) is 3. The summed E-state index contributed by atoms with van der Waals surface area (Å²) >= 11 is 1.82. The summed E-state index contributed by atoms with van der Waals surface area (Å²) in [7, 11) is 0. The molecule has 0 spiro atoms. The van der Waals surface area contributed by atoms with Gasteiger partial charge in [-0.15, -0.1) is 0 Å². The van der Waals surface area contributed by atoms with Gasteiger partial charge in [0.05, 0.1) is 13.2 Å². The van der Waals surface area contributed by atoms with Crippen LogP contribution in [0.3, 0.4) is 0 Å². The maximum Gasteiger partial charge on any atom is 0.217 e. The molecule has 2 aromatic carbocycles. The maximum absolute atomic E-state index is 15.3. The van der Waals surface area contributed by atoms with E-state index in [9.17, 15) is 0 Å². The number of halogens is 1. The molecule has 1 atom stereocenters. The van der Waals surface area contributed by atoms with Gasteiger partial charge >= 0.3 is 0 Å². The molecule has 0 saturated heterocycles. The SMILES string of the molecule is CSCCCOc1cc(C)c(-c2c(F)ccc3c2CCC3Oc2cc3c(cn2)CCO3)c(C)c1. The van der Waals surface area contributed by atoms with E-state index in [-0.39, 0.29) is 11.9 Å². The highest BCUT2D eigenvalue weighted by Gasteiger charge is 2.30. The fourth-order valence-electron chi connectivity index (χ4n) is 5.08. The minimum atomic E-state index is -0.191. The van der Waals surface area contributed by atoms with Gasteiger partial charge in [0.25, 0.3) is 0 Å². The second-order valence-electron chi connectivity index (χ2n) is 8.99. The van der Waals surface area contributed by atoms with Gasteiger partial charge in [-0.05, 0) is 91.1 Å². The van der Waals surface area contributed by atoms with Gasteiger partial charge in [0.1, 0.15) is 23.4 Å². The molecule has 1 aliphatic carbocycles. The van der Waals surface area contributed by atoms with E-state index < -0.39 is 0 Å². The Bertz CT molecular complexity index is 1190. The van der Waals surface area contributed by atoms with E-state index in [1.54, 1.807) is 6.07 Å². The molecule has 2 aliphatic rings. The van der Waals surface area contributed by atoms with Crippen molar-refractivity contribution in [3.05, 3.63) is 70.2 Å². The molecule has 1 unspecified atom stereocenters. The quantitative estimate of drug-likeness (QED) is 0.339. The molecular weight excluding hydrogens is 449 g/mol. The van der Waals surface area contributed by atoms with Gasteiger partial charge in [0.2, 0.25) is 5.88 Å². The third kappa shape index (κ3) is 4.48. The molecule has 2 heterocycles. The molecule has 0 radical (unpaired) electrons. The molecule has 0 bridgehead atoms. The van der Waals surface area contributed by atoms with Crippen molar-refractivity contribution in [2.45, 2.75) is 45.6 Å². The Morgan fingerprint density at radius 1 is 1.12 bits per heavy atom. The van der Waals surface area contributed by atoms with Gasteiger partial charge < -0.3 is 14.2 Å². The first-order valence-corrected chi connectivity index (χ1v) is 13.3. The number of thioether (sulfide) groups is 1. The minimum absolute atomic E-state index is 0.152. The third-order valence-corrected chi connectivity index (χ3v) is 7.33. The summed E-state index contributed by atoms with van der Waals surface area (Å²) in [4.78, 5) is 4.47. The summed E-state index contributed by atoms with van der Waals surface area (Å²) in [6.07, 6.45) is 7.23. The Labute approximate surface area is 204 Å². The first kappa shape index (κ1) is 23.0. The van der Waals surface area contributed by atoms with E-state index in [1.807, 2.05) is 56.1 Å². The van der Waals surface area contributed by atoms with Crippen LogP contribution in [0.1, 0.15) is 46.8 Å². The number of rotatable bonds is 8. The Morgan fingerprint density at radius 2 is 1.94 bits per heavy atom. The van der Waals surface area contributed by atoms with Gasteiger partial charge in [-0.2, -0.15) is 11.8 Å². The minimum Gasteiger partial charge on any atom is -0.494 e. The number of fused-ring (bicyclic) bond motifs is 2. The predicted molar refractivity (Wildman–Crippen MR) is 135 cm³/mol. The van der Waals surface area contributed by atoms with Gasteiger partial charge in [-0.1, -0.05) is 6.07 Å². The van der Waals surface area contributed by atoms with Crippen molar-refractivity contribution in [2.24, 2.45) is 0 Å². The number of aromatic nitrogens is 1. The summed E-state index contributed by atoms with van der Waals surface area (Å²) in [5, 5.41) is 0. The summed E-state index contributed by atoms with van der Waals surface area (Å²) in [5.74, 6) is 3.14. The largest absolute Gasteiger partial charge is 0.494 e. The lowest BCUT2D eigenvalue weighted by molar-refractivity contribution is 0.198. The zero-order chi connectivity index (χ0) is 23.7. The van der Waals surface area contributed by atoms with Crippen LogP contribution in [-0.2, 0) is 12.8 Å². The van der Waals surface area contributed by atoms with Crippen LogP contribution in [0.2, 0.25) is 0 Å². The number of hydrogen-bond acceptors (Lipinski definition) is 5. The second kappa shape index (κ2) is 9.87. The number of pyridine rings is 1. The van der Waals surface area contributed by atoms with E-state index in [1.165, 1.54) is 0 Å². The van der Waals surface area contributed by atoms with Gasteiger partial charge in [0, 0.05) is 29.8 Å². The molecule has 1 aromatic heterocycles. The number of benzene rings is 2. The van der Waals surface area contributed by atoms with Crippen molar-refractivity contribution in [3.8, 4) is 28.5 Å². The lowest BCUT2D eigenvalue weighted by Gasteiger charge is -2.19. The van der Waals surface area contributed by atoms with E-state index in [0.29, 0.717) is 24.7 Å². The zero-order valence-electron chi connectivity index (χ0n) is 19.9. The maximum atomic E-state index is 15.3. The average molecular weight is 480 g/mol. The van der Waals surface area contributed by atoms with Crippen molar-refractivity contribution in [2.75, 3.05) is 25.2 Å². The Morgan fingerprint density at radius 3 is 2.74 bits per heavy atom. The smallest absolute Gasteiger partial charge is 0.217 e. The van der Waals surface area contributed by atoms with Crippen LogP contribution in [0.15, 0.2) is 36.5 Å². The third-order valence-electron chi connectivity index (χ3n) is 6.63. The molecular formula is C28H30FNO3S. The molecule has 1 aliphatic heterocycles. The molecule has 34 heavy (non-hydrogen) atoms. The molecule has 0 amide bonds. The average Bonchev–Trinajstić information content (AvgIpc) is 3.44. The number of hydrogen-bond donors (Lipinski definition) is 0. The highest BCUT2D eigenvalue weighted by Crippen LogP contribution is 2.44. The van der Waals surface area contributed by atoms with Crippen LogP contribution in [0.4, 0.5) is 4.39 Å². The normalized spacial score (nSPS) is 16.2. The van der Waals surface area contributed by atoms with Crippen molar-refractivity contribution >= 4 is 11.8 Å². The molecule has 178 valence electrons. The van der Waals surface area contributed by atoms with Crippen LogP contribution in [0, 0.1) is 19.7 Å². The molecule has 4 nitrogen and oxygen atoms in total. The lowest BCUT2D eigenvalue weighted by Crippen LogP contribution is -2.06. The van der Waals surface area contributed by atoms with Crippen LogP contribution < -0.4 is 14.2 Å². The molecule has 3 aromatic rings. The monoisotopic (exact) mass is 479 g/mol. The van der Waals surface area contributed by atoms with Crippen LogP contribution in [0.5, 0.6) is 17.4 Å². The number of aryl methyl sites for hydroxylation is 2. The fourth-order valence-corrected chi connectivity index (χ4v) is 5.48. The predicted octanol–water partition coefficient (Wildman–Crippen LogP) is 6.64. The summed E-state index contributed by atoms with van der Waals surface area (Å²) in [5.41, 5.74) is 6.88. The van der Waals surface area contributed by atoms with Crippen LogP contribution in [0.25, 0.3) is 11.1 Å². The molecule has 6 heteroatoms. The van der Waals surface area contributed by atoms with Gasteiger partial charge in [0.15, 0.2) is 0 Å². The van der Waals surface area contributed by atoms with E-state index in [2.05, 4.69) is 11.2 Å². The first-order valence-electron chi connectivity index (χ1n) is 11.9. The van der Waals surface area contributed by atoms with Crippen LogP contribution in [-0.4, -0.2) is 30.2 Å². The summed E-state index contributed by atoms with van der Waals surface area (Å²) < 4.78 is 33.2. The first-order chi connectivity index (χ1) is 16.5. The highest BCUT2D eigenvalue weighted by molar-refractivity contribution is 7.98. The Balaban J connectivity index is 1.43. The van der Waals surface area contributed by atoms with Crippen molar-refractivity contribution in [3.63, 3.8) is 0 Å². The lowest BCUT2D eigenvalue weighted by atomic mass is 9.90. The molecule has 5 rings (SSSR count). The second-order valence-corrected chi connectivity index (χ2v) is 9.98. The van der Waals surface area contributed by atoms with Gasteiger partial charge in [-0.3, -0.25) is 0 Å². The number of nitrogens with zero attached hydrogens (tertiary/aromatic N) is 1. The van der Waals surface area contributed by atoms with E-state index in [4.69, 9.17) is 14.2 Å². The Hall–Kier alpha value is -2.73. The molecule has 0 saturated carbocycles. The van der Waals surface area contributed by atoms with Crippen molar-refractivity contribution in [1.29, 1.82) is 0 Å². The van der Waals surface area contributed by atoms with Crippen molar-refractivity contribution in [1.82, 2.24) is 4.98 Å². The van der Waals surface area contributed by atoms with Gasteiger partial charge in [-0.25, -0.2) is 9.37 Å². The topological polar surface area (TPSA) is 40.6 Å². The summed E-state index contributed by atoms with van der Waals surface area (Å²) in [6.45, 7) is 5.45. The summed E-state index contributed by atoms with van der Waals surface area (Å²) in [6, 6.07) is 9.36. The van der Waals surface area contributed by atoms with Crippen LogP contribution >= 0.6 is 11.8 Å².